The van der Waals surface area contributed by atoms with E-state index in [1.165, 1.54) is 25.7 Å². The number of hydrogen-bond acceptors (Lipinski definition) is 3. The smallest absolute Gasteiger partial charge is 0.0992 e. The summed E-state index contributed by atoms with van der Waals surface area (Å²) >= 11 is 0. The lowest BCUT2D eigenvalue weighted by molar-refractivity contribution is 0.172. The van der Waals surface area contributed by atoms with Crippen molar-refractivity contribution in [3.05, 3.63) is 29.8 Å². The summed E-state index contributed by atoms with van der Waals surface area (Å²) in [7, 11) is 4.33. The van der Waals surface area contributed by atoms with Gasteiger partial charge in [0.05, 0.1) is 11.6 Å². The van der Waals surface area contributed by atoms with E-state index in [9.17, 15) is 0 Å². The van der Waals surface area contributed by atoms with Gasteiger partial charge < -0.3 is 10.2 Å². The molecular formula is C15H21N3. The van der Waals surface area contributed by atoms with Crippen LogP contribution in [0.2, 0.25) is 0 Å². The first-order valence-corrected chi connectivity index (χ1v) is 6.58. The molecule has 1 N–H and O–H groups in total. The van der Waals surface area contributed by atoms with Crippen LogP contribution in [-0.4, -0.2) is 31.1 Å². The molecular weight excluding hydrogens is 222 g/mol. The third-order valence-electron chi connectivity index (χ3n) is 4.10. The molecule has 3 heteroatoms. The molecule has 0 aliphatic heterocycles. The standard InChI is InChI=1S/C15H21N3/c1-18(2)15(8-3-4-9-15)12-17-14-7-5-6-13(10-14)11-16/h5-7,10,17H,3-4,8-9,12H2,1-2H3. The highest BCUT2D eigenvalue weighted by Crippen LogP contribution is 2.33. The van der Waals surface area contributed by atoms with Crippen molar-refractivity contribution in [3.8, 4) is 6.07 Å². The van der Waals surface area contributed by atoms with E-state index in [-0.39, 0.29) is 5.54 Å². The number of anilines is 1. The van der Waals surface area contributed by atoms with Gasteiger partial charge >= 0.3 is 0 Å². The Morgan fingerprint density at radius 1 is 1.33 bits per heavy atom. The van der Waals surface area contributed by atoms with E-state index in [0.29, 0.717) is 5.56 Å². The number of nitriles is 1. The summed E-state index contributed by atoms with van der Waals surface area (Å²) in [6.45, 7) is 0.953. The van der Waals surface area contributed by atoms with Gasteiger partial charge in [-0.2, -0.15) is 5.26 Å². The van der Waals surface area contributed by atoms with Crippen LogP contribution in [-0.2, 0) is 0 Å². The third kappa shape index (κ3) is 2.65. The van der Waals surface area contributed by atoms with Gasteiger partial charge in [0, 0.05) is 17.8 Å². The maximum absolute atomic E-state index is 8.89. The molecule has 0 bridgehead atoms. The quantitative estimate of drug-likeness (QED) is 0.883. The van der Waals surface area contributed by atoms with E-state index in [4.69, 9.17) is 5.26 Å². The van der Waals surface area contributed by atoms with Crippen molar-refractivity contribution in [2.24, 2.45) is 0 Å². The number of likely N-dealkylation sites (N-methyl/N-ethyl adjacent to an activating group) is 1. The number of hydrogen-bond donors (Lipinski definition) is 1. The SMILES string of the molecule is CN(C)C1(CNc2cccc(C#N)c2)CCCC1. The molecule has 0 unspecified atom stereocenters. The van der Waals surface area contributed by atoms with Gasteiger partial charge in [-0.05, 0) is 45.1 Å². The topological polar surface area (TPSA) is 39.1 Å². The summed E-state index contributed by atoms with van der Waals surface area (Å²) in [6, 6.07) is 9.88. The Morgan fingerprint density at radius 3 is 2.67 bits per heavy atom. The molecule has 0 heterocycles. The van der Waals surface area contributed by atoms with Gasteiger partial charge in [0.1, 0.15) is 0 Å². The van der Waals surface area contributed by atoms with Crippen LogP contribution >= 0.6 is 0 Å². The maximum atomic E-state index is 8.89. The Labute approximate surface area is 109 Å². The maximum Gasteiger partial charge on any atom is 0.0992 e. The van der Waals surface area contributed by atoms with Crippen molar-refractivity contribution >= 4 is 5.69 Å². The Kier molecular flexibility index (Phi) is 3.88. The van der Waals surface area contributed by atoms with E-state index in [1.807, 2.05) is 24.3 Å². The van der Waals surface area contributed by atoms with Crippen LogP contribution in [0.25, 0.3) is 0 Å². The van der Waals surface area contributed by atoms with Crippen molar-refractivity contribution in [1.29, 1.82) is 5.26 Å². The monoisotopic (exact) mass is 243 g/mol. The molecule has 1 aromatic carbocycles. The molecule has 0 aromatic heterocycles. The second-order valence-electron chi connectivity index (χ2n) is 5.37. The Morgan fingerprint density at radius 2 is 2.06 bits per heavy atom. The third-order valence-corrected chi connectivity index (χ3v) is 4.10. The van der Waals surface area contributed by atoms with Crippen LogP contribution in [0, 0.1) is 11.3 Å². The van der Waals surface area contributed by atoms with Gasteiger partial charge in [-0.3, -0.25) is 0 Å². The first-order valence-electron chi connectivity index (χ1n) is 6.58. The lowest BCUT2D eigenvalue weighted by atomic mass is 9.96. The highest BCUT2D eigenvalue weighted by molar-refractivity contribution is 5.49. The van der Waals surface area contributed by atoms with Crippen LogP contribution < -0.4 is 5.32 Å². The fraction of sp³-hybridized carbons (Fsp3) is 0.533. The average Bonchev–Trinajstić information content (AvgIpc) is 2.87. The van der Waals surface area contributed by atoms with Crippen LogP contribution in [0.5, 0.6) is 0 Å². The molecule has 2 rings (SSSR count). The fourth-order valence-electron chi connectivity index (χ4n) is 2.78. The number of nitrogens with one attached hydrogen (secondary N) is 1. The van der Waals surface area contributed by atoms with Crippen molar-refractivity contribution in [1.82, 2.24) is 4.90 Å². The number of nitrogens with zero attached hydrogens (tertiary/aromatic N) is 2. The van der Waals surface area contributed by atoms with E-state index in [2.05, 4.69) is 30.4 Å². The summed E-state index contributed by atoms with van der Waals surface area (Å²) in [5.74, 6) is 0. The van der Waals surface area contributed by atoms with Crippen molar-refractivity contribution in [2.75, 3.05) is 26.0 Å². The lowest BCUT2D eigenvalue weighted by Crippen LogP contribution is -2.47. The lowest BCUT2D eigenvalue weighted by Gasteiger charge is -2.36. The van der Waals surface area contributed by atoms with E-state index in [1.54, 1.807) is 0 Å². The second-order valence-corrected chi connectivity index (χ2v) is 5.37. The predicted molar refractivity (Wildman–Crippen MR) is 74.5 cm³/mol. The molecule has 1 saturated carbocycles. The van der Waals surface area contributed by atoms with E-state index < -0.39 is 0 Å². The molecule has 1 fully saturated rings. The van der Waals surface area contributed by atoms with Crippen LogP contribution in [0.1, 0.15) is 31.2 Å². The van der Waals surface area contributed by atoms with Crippen molar-refractivity contribution in [3.63, 3.8) is 0 Å². The van der Waals surface area contributed by atoms with Gasteiger partial charge in [0.25, 0.3) is 0 Å². The fourth-order valence-corrected chi connectivity index (χ4v) is 2.78. The molecule has 0 saturated heterocycles. The molecule has 1 aromatic rings. The molecule has 0 atom stereocenters. The summed E-state index contributed by atoms with van der Waals surface area (Å²) in [6.07, 6.45) is 5.14. The summed E-state index contributed by atoms with van der Waals surface area (Å²) in [4.78, 5) is 2.35. The van der Waals surface area contributed by atoms with Crippen LogP contribution in [0.4, 0.5) is 5.69 Å². The minimum Gasteiger partial charge on any atom is -0.383 e. The molecule has 0 amide bonds. The molecule has 1 aliphatic carbocycles. The van der Waals surface area contributed by atoms with Gasteiger partial charge in [-0.1, -0.05) is 18.9 Å². The molecule has 0 radical (unpaired) electrons. The molecule has 0 spiro atoms. The second kappa shape index (κ2) is 5.41. The minimum absolute atomic E-state index is 0.280. The Bertz CT molecular complexity index is 439. The van der Waals surface area contributed by atoms with Gasteiger partial charge in [0.2, 0.25) is 0 Å². The highest BCUT2D eigenvalue weighted by Gasteiger charge is 2.35. The molecule has 18 heavy (non-hydrogen) atoms. The minimum atomic E-state index is 0.280. The molecule has 3 nitrogen and oxygen atoms in total. The van der Waals surface area contributed by atoms with Crippen molar-refractivity contribution in [2.45, 2.75) is 31.2 Å². The summed E-state index contributed by atoms with van der Waals surface area (Å²) in [5, 5.41) is 12.4. The highest BCUT2D eigenvalue weighted by atomic mass is 15.2. The number of rotatable bonds is 4. The number of benzene rings is 1. The van der Waals surface area contributed by atoms with Gasteiger partial charge in [-0.25, -0.2) is 0 Å². The van der Waals surface area contributed by atoms with E-state index in [0.717, 1.165) is 12.2 Å². The first-order chi connectivity index (χ1) is 8.66. The van der Waals surface area contributed by atoms with Crippen molar-refractivity contribution < 1.29 is 0 Å². The van der Waals surface area contributed by atoms with Gasteiger partial charge in [-0.15, -0.1) is 0 Å². The zero-order valence-corrected chi connectivity index (χ0v) is 11.2. The predicted octanol–water partition coefficient (Wildman–Crippen LogP) is 2.84. The summed E-state index contributed by atoms with van der Waals surface area (Å²) < 4.78 is 0. The molecule has 96 valence electrons. The molecule has 1 aliphatic rings. The Balaban J connectivity index is 2.04. The normalized spacial score (nSPS) is 17.7. The largest absolute Gasteiger partial charge is 0.383 e. The van der Waals surface area contributed by atoms with Gasteiger partial charge in [0.15, 0.2) is 0 Å². The Hall–Kier alpha value is -1.53. The van der Waals surface area contributed by atoms with Crippen LogP contribution in [0.15, 0.2) is 24.3 Å². The first kappa shape index (κ1) is 12.9. The van der Waals surface area contributed by atoms with E-state index >= 15 is 0 Å². The summed E-state index contributed by atoms with van der Waals surface area (Å²) in [5.41, 5.74) is 2.04. The van der Waals surface area contributed by atoms with Crippen LogP contribution in [0.3, 0.4) is 0 Å². The zero-order chi connectivity index (χ0) is 13.0. The zero-order valence-electron chi connectivity index (χ0n) is 11.2. The average molecular weight is 243 g/mol.